The fraction of sp³-hybridized carbons (Fsp3) is 1.00. The van der Waals surface area contributed by atoms with Crippen molar-refractivity contribution in [3.63, 3.8) is 0 Å². The van der Waals surface area contributed by atoms with Crippen molar-refractivity contribution in [3.8, 4) is 0 Å². The third-order valence-corrected chi connectivity index (χ3v) is 4.07. The second-order valence-electron chi connectivity index (χ2n) is 3.99. The Morgan fingerprint density at radius 1 is 1.18 bits per heavy atom. The van der Waals surface area contributed by atoms with Crippen LogP contribution in [0, 0.1) is 5.92 Å². The summed E-state index contributed by atoms with van der Waals surface area (Å²) in [6.45, 7) is 11.6. The highest BCUT2D eigenvalue weighted by atomic mass is 32.2. The van der Waals surface area contributed by atoms with Crippen molar-refractivity contribution in [3.05, 3.63) is 0 Å². The fourth-order valence-electron chi connectivity index (χ4n) is 1.47. The molecule has 1 saturated heterocycles. The predicted octanol–water partition coefficient (Wildman–Crippen LogP) is 2.13. The van der Waals surface area contributed by atoms with Crippen molar-refractivity contribution in [1.29, 1.82) is 0 Å². The van der Waals surface area contributed by atoms with E-state index in [0.29, 0.717) is 4.75 Å². The lowest BCUT2D eigenvalue weighted by atomic mass is 9.89. The van der Waals surface area contributed by atoms with Crippen LogP contribution in [0.2, 0.25) is 0 Å². The van der Waals surface area contributed by atoms with Gasteiger partial charge < -0.3 is 5.32 Å². The lowest BCUT2D eigenvalue weighted by molar-refractivity contribution is 0.307. The molecule has 11 heavy (non-hydrogen) atoms. The number of nitrogens with one attached hydrogen (secondary N) is 1. The molecule has 0 aliphatic carbocycles. The molecule has 0 saturated carbocycles. The fourth-order valence-corrected chi connectivity index (χ4v) is 3.05. The molecule has 1 fully saturated rings. The molecule has 1 N–H and O–H groups in total. The van der Waals surface area contributed by atoms with Crippen molar-refractivity contribution >= 4 is 11.8 Å². The molecule has 0 spiro atoms. The third kappa shape index (κ3) is 1.91. The number of hydrogen-bond donors (Lipinski definition) is 1. The number of rotatable bonds is 3. The van der Waals surface area contributed by atoms with Crippen LogP contribution in [0.1, 0.15) is 27.7 Å². The Bertz CT molecular complexity index is 128. The van der Waals surface area contributed by atoms with Gasteiger partial charge in [0.2, 0.25) is 0 Å². The molecule has 0 aromatic heterocycles. The van der Waals surface area contributed by atoms with E-state index in [0.717, 1.165) is 11.2 Å². The molecule has 0 unspecified atom stereocenters. The Labute approximate surface area is 74.3 Å². The number of thioether (sulfide) groups is 1. The Morgan fingerprint density at radius 2 is 1.73 bits per heavy atom. The number of hydrogen-bond acceptors (Lipinski definition) is 2. The summed E-state index contributed by atoms with van der Waals surface area (Å²) in [7, 11) is 0. The van der Waals surface area contributed by atoms with Crippen molar-refractivity contribution < 1.29 is 0 Å². The molecule has 0 amide bonds. The van der Waals surface area contributed by atoms with Crippen LogP contribution in [0.3, 0.4) is 0 Å². The summed E-state index contributed by atoms with van der Waals surface area (Å²) < 4.78 is 0.550. The molecule has 1 rings (SSSR count). The maximum atomic E-state index is 3.37. The highest BCUT2D eigenvalue weighted by molar-refractivity contribution is 8.01. The molecule has 0 atom stereocenters. The topological polar surface area (TPSA) is 12.0 Å². The van der Waals surface area contributed by atoms with Gasteiger partial charge in [-0.1, -0.05) is 27.7 Å². The summed E-state index contributed by atoms with van der Waals surface area (Å²) in [5.41, 5.74) is 0. The molecule has 0 radical (unpaired) electrons. The van der Waals surface area contributed by atoms with Gasteiger partial charge in [0.05, 0.1) is 0 Å². The first-order valence-electron chi connectivity index (χ1n) is 4.45. The van der Waals surface area contributed by atoms with Gasteiger partial charge in [-0.15, -0.1) is 11.8 Å². The molecular formula is C9H19NS. The second-order valence-corrected chi connectivity index (χ2v) is 5.98. The SMILES string of the molecule is CC(C)SC1(C(C)C)CNC1. The van der Waals surface area contributed by atoms with Gasteiger partial charge in [-0.2, -0.15) is 0 Å². The Kier molecular flexibility index (Phi) is 2.87. The molecule has 0 aromatic rings. The normalized spacial score (nSPS) is 22.4. The lowest BCUT2D eigenvalue weighted by Crippen LogP contribution is -2.60. The minimum Gasteiger partial charge on any atom is -0.314 e. The van der Waals surface area contributed by atoms with Crippen LogP contribution in [0.4, 0.5) is 0 Å². The minimum absolute atomic E-state index is 0.550. The van der Waals surface area contributed by atoms with Gasteiger partial charge in [0.25, 0.3) is 0 Å². The van der Waals surface area contributed by atoms with Gasteiger partial charge in [0, 0.05) is 17.8 Å². The lowest BCUT2D eigenvalue weighted by Gasteiger charge is -2.46. The first kappa shape index (κ1) is 9.40. The molecule has 2 heteroatoms. The van der Waals surface area contributed by atoms with Crippen LogP contribution < -0.4 is 5.32 Å². The summed E-state index contributed by atoms with van der Waals surface area (Å²) in [5, 5.41) is 4.13. The summed E-state index contributed by atoms with van der Waals surface area (Å²) >= 11 is 2.13. The van der Waals surface area contributed by atoms with E-state index in [9.17, 15) is 0 Å². The summed E-state index contributed by atoms with van der Waals surface area (Å²) in [6, 6.07) is 0. The van der Waals surface area contributed by atoms with Gasteiger partial charge in [-0.3, -0.25) is 0 Å². The van der Waals surface area contributed by atoms with E-state index in [1.807, 2.05) is 0 Å². The first-order valence-corrected chi connectivity index (χ1v) is 5.33. The van der Waals surface area contributed by atoms with Crippen LogP contribution in [0.25, 0.3) is 0 Å². The van der Waals surface area contributed by atoms with Crippen LogP contribution in [-0.4, -0.2) is 23.1 Å². The summed E-state index contributed by atoms with van der Waals surface area (Å²) in [5.74, 6) is 0.802. The highest BCUT2D eigenvalue weighted by Gasteiger charge is 2.40. The zero-order chi connectivity index (χ0) is 8.48. The summed E-state index contributed by atoms with van der Waals surface area (Å²) in [6.07, 6.45) is 0. The molecule has 0 aromatic carbocycles. The van der Waals surface area contributed by atoms with Crippen LogP contribution in [0.5, 0.6) is 0 Å². The zero-order valence-electron chi connectivity index (χ0n) is 7.98. The first-order chi connectivity index (χ1) is 5.07. The highest BCUT2D eigenvalue weighted by Crippen LogP contribution is 2.38. The Morgan fingerprint density at radius 3 is 1.82 bits per heavy atom. The van der Waals surface area contributed by atoms with E-state index < -0.39 is 0 Å². The molecule has 1 aliphatic rings. The van der Waals surface area contributed by atoms with Gasteiger partial charge in [-0.05, 0) is 11.2 Å². The van der Waals surface area contributed by atoms with E-state index in [-0.39, 0.29) is 0 Å². The van der Waals surface area contributed by atoms with E-state index in [1.165, 1.54) is 13.1 Å². The maximum absolute atomic E-state index is 3.37. The van der Waals surface area contributed by atoms with E-state index in [2.05, 4.69) is 44.8 Å². The maximum Gasteiger partial charge on any atom is 0.0434 e. The van der Waals surface area contributed by atoms with Crippen LogP contribution in [-0.2, 0) is 0 Å². The quantitative estimate of drug-likeness (QED) is 0.701. The average molecular weight is 173 g/mol. The standard InChI is InChI=1S/C9H19NS/c1-7(2)9(5-10-6-9)11-8(3)4/h7-8,10H,5-6H2,1-4H3. The van der Waals surface area contributed by atoms with Crippen LogP contribution >= 0.6 is 11.8 Å². The van der Waals surface area contributed by atoms with E-state index >= 15 is 0 Å². The largest absolute Gasteiger partial charge is 0.314 e. The van der Waals surface area contributed by atoms with Crippen molar-refractivity contribution in [2.24, 2.45) is 5.92 Å². The van der Waals surface area contributed by atoms with Gasteiger partial charge in [0.15, 0.2) is 0 Å². The van der Waals surface area contributed by atoms with Crippen molar-refractivity contribution in [2.75, 3.05) is 13.1 Å². The van der Waals surface area contributed by atoms with E-state index in [4.69, 9.17) is 0 Å². The molecular weight excluding hydrogens is 154 g/mol. The predicted molar refractivity (Wildman–Crippen MR) is 53.2 cm³/mol. The minimum atomic E-state index is 0.550. The average Bonchev–Trinajstić information content (AvgIpc) is 1.77. The molecule has 0 bridgehead atoms. The molecule has 1 nitrogen and oxygen atoms in total. The zero-order valence-corrected chi connectivity index (χ0v) is 8.79. The van der Waals surface area contributed by atoms with Crippen LogP contribution in [0.15, 0.2) is 0 Å². The Balaban J connectivity index is 2.47. The second kappa shape index (κ2) is 3.36. The third-order valence-electron chi connectivity index (χ3n) is 2.37. The van der Waals surface area contributed by atoms with Crippen molar-refractivity contribution in [1.82, 2.24) is 5.32 Å². The van der Waals surface area contributed by atoms with Gasteiger partial charge in [-0.25, -0.2) is 0 Å². The monoisotopic (exact) mass is 173 g/mol. The summed E-state index contributed by atoms with van der Waals surface area (Å²) in [4.78, 5) is 0. The van der Waals surface area contributed by atoms with Gasteiger partial charge in [0.1, 0.15) is 0 Å². The molecule has 1 heterocycles. The van der Waals surface area contributed by atoms with Crippen molar-refractivity contribution in [2.45, 2.75) is 37.7 Å². The van der Waals surface area contributed by atoms with Gasteiger partial charge >= 0.3 is 0 Å². The van der Waals surface area contributed by atoms with E-state index in [1.54, 1.807) is 0 Å². The molecule has 1 aliphatic heterocycles. The smallest absolute Gasteiger partial charge is 0.0434 e. The Hall–Kier alpha value is 0.310. The molecule has 66 valence electrons.